The molecule has 1 saturated heterocycles. The van der Waals surface area contributed by atoms with E-state index >= 15 is 0 Å². The summed E-state index contributed by atoms with van der Waals surface area (Å²) in [5, 5.41) is 21.8. The molecule has 0 bridgehead atoms. The highest BCUT2D eigenvalue weighted by atomic mass is 16.5. The van der Waals surface area contributed by atoms with E-state index in [9.17, 15) is 24.6 Å². The Morgan fingerprint density at radius 1 is 1.00 bits per heavy atom. The fourth-order valence-electron chi connectivity index (χ4n) is 3.01. The fraction of sp³-hybridized carbons (Fsp3) is 0.150. The number of carbonyl (C=O) groups is 3. The monoisotopic (exact) mass is 383 g/mol. The van der Waals surface area contributed by atoms with Crippen molar-refractivity contribution >= 4 is 29.1 Å². The van der Waals surface area contributed by atoms with Crippen molar-refractivity contribution in [3.63, 3.8) is 0 Å². The first kappa shape index (κ1) is 19.1. The number of rotatable bonds is 4. The molecule has 1 atom stereocenters. The van der Waals surface area contributed by atoms with Crippen LogP contribution in [0.5, 0.6) is 5.75 Å². The van der Waals surface area contributed by atoms with E-state index in [1.807, 2.05) is 0 Å². The van der Waals surface area contributed by atoms with Crippen LogP contribution in [0.3, 0.4) is 0 Å². The van der Waals surface area contributed by atoms with Gasteiger partial charge >= 0.3 is 11.9 Å². The summed E-state index contributed by atoms with van der Waals surface area (Å²) in [6.45, 7) is 0. The van der Waals surface area contributed by atoms with E-state index in [1.54, 1.807) is 18.2 Å². The second-order valence-corrected chi connectivity index (χ2v) is 5.92. The highest BCUT2D eigenvalue weighted by Gasteiger charge is 2.62. The number of esters is 1. The van der Waals surface area contributed by atoms with E-state index in [2.05, 4.69) is 4.74 Å². The summed E-state index contributed by atoms with van der Waals surface area (Å²) in [6, 6.07) is 13.5. The van der Waals surface area contributed by atoms with Crippen molar-refractivity contribution in [2.75, 3.05) is 19.1 Å². The third-order valence-corrected chi connectivity index (χ3v) is 4.38. The molecular weight excluding hydrogens is 366 g/mol. The average Bonchev–Trinajstić information content (AvgIpc) is 2.94. The van der Waals surface area contributed by atoms with Crippen molar-refractivity contribution in [2.45, 2.75) is 5.72 Å². The number of aliphatic hydroxyl groups is 2. The number of nitrogens with zero attached hydrogens (tertiary/aromatic N) is 1. The van der Waals surface area contributed by atoms with Crippen LogP contribution in [0.25, 0.3) is 5.76 Å². The van der Waals surface area contributed by atoms with E-state index in [0.29, 0.717) is 10.6 Å². The van der Waals surface area contributed by atoms with Gasteiger partial charge in [-0.1, -0.05) is 30.3 Å². The molecule has 0 saturated carbocycles. The fourth-order valence-corrected chi connectivity index (χ4v) is 3.01. The van der Waals surface area contributed by atoms with Gasteiger partial charge < -0.3 is 19.7 Å². The molecule has 28 heavy (non-hydrogen) atoms. The maximum absolute atomic E-state index is 12.7. The molecule has 0 aromatic heterocycles. The number of Topliss-reactive ketones (excluding diaryl/α,β-unsaturated/α-hetero) is 1. The van der Waals surface area contributed by atoms with Crippen LogP contribution in [0.15, 0.2) is 60.2 Å². The van der Waals surface area contributed by atoms with Gasteiger partial charge in [-0.3, -0.25) is 14.5 Å². The van der Waals surface area contributed by atoms with Crippen molar-refractivity contribution in [3.05, 3.63) is 65.7 Å². The van der Waals surface area contributed by atoms with Crippen molar-refractivity contribution < 1.29 is 34.1 Å². The number of aliphatic hydroxyl groups excluding tert-OH is 1. The molecule has 3 rings (SSSR count). The number of carbonyl (C=O) groups excluding carboxylic acids is 3. The molecule has 0 unspecified atom stereocenters. The third kappa shape index (κ3) is 2.80. The number of ether oxygens (including phenoxy) is 2. The number of anilines is 1. The Bertz CT molecular complexity index is 966. The van der Waals surface area contributed by atoms with Gasteiger partial charge in [0.05, 0.1) is 14.2 Å². The van der Waals surface area contributed by atoms with Crippen LogP contribution < -0.4 is 9.64 Å². The number of methoxy groups -OCH3 is 2. The van der Waals surface area contributed by atoms with Crippen LogP contribution in [0.1, 0.15) is 5.56 Å². The molecule has 0 spiro atoms. The minimum Gasteiger partial charge on any atom is -0.507 e. The summed E-state index contributed by atoms with van der Waals surface area (Å²) in [5.74, 6) is -3.92. The standard InChI is InChI=1S/C20H17NO7/c1-27-14-10-8-13(9-11-14)21-18(24)17(23)15(20(21,26)19(25)28-2)16(22)12-6-4-3-5-7-12/h3-11,22,26H,1-2H3/t20-/m1/s1. The molecule has 8 heteroatoms. The van der Waals surface area contributed by atoms with Gasteiger partial charge in [-0.15, -0.1) is 0 Å². The van der Waals surface area contributed by atoms with Gasteiger partial charge in [-0.05, 0) is 24.3 Å². The largest absolute Gasteiger partial charge is 0.507 e. The predicted molar refractivity (Wildman–Crippen MR) is 98.4 cm³/mol. The lowest BCUT2D eigenvalue weighted by Gasteiger charge is -2.30. The van der Waals surface area contributed by atoms with Crippen molar-refractivity contribution in [3.8, 4) is 5.75 Å². The normalized spacial score (nSPS) is 20.9. The van der Waals surface area contributed by atoms with E-state index in [0.717, 1.165) is 7.11 Å². The van der Waals surface area contributed by atoms with Crippen LogP contribution in [-0.4, -0.2) is 47.8 Å². The van der Waals surface area contributed by atoms with E-state index in [4.69, 9.17) is 4.74 Å². The highest BCUT2D eigenvalue weighted by molar-refractivity contribution is 6.54. The first-order valence-corrected chi connectivity index (χ1v) is 8.19. The Labute approximate surface area is 160 Å². The van der Waals surface area contributed by atoms with Gasteiger partial charge in [0, 0.05) is 11.3 Å². The van der Waals surface area contributed by atoms with Crippen molar-refractivity contribution in [2.24, 2.45) is 0 Å². The lowest BCUT2D eigenvalue weighted by Crippen LogP contribution is -2.54. The lowest BCUT2D eigenvalue weighted by atomic mass is 9.97. The maximum Gasteiger partial charge on any atom is 0.365 e. The van der Waals surface area contributed by atoms with E-state index in [1.165, 1.54) is 43.5 Å². The summed E-state index contributed by atoms with van der Waals surface area (Å²) >= 11 is 0. The Balaban J connectivity index is 2.25. The number of benzene rings is 2. The minimum absolute atomic E-state index is 0.0444. The number of amides is 1. The Hall–Kier alpha value is -3.65. The zero-order valence-corrected chi connectivity index (χ0v) is 15.1. The summed E-state index contributed by atoms with van der Waals surface area (Å²) in [5.41, 5.74) is -3.41. The van der Waals surface area contributed by atoms with Crippen LogP contribution >= 0.6 is 0 Å². The first-order chi connectivity index (χ1) is 13.4. The molecule has 8 nitrogen and oxygen atoms in total. The smallest absolute Gasteiger partial charge is 0.365 e. The SMILES string of the molecule is COC(=O)[C@]1(O)C(=C(O)c2ccccc2)C(=O)C(=O)N1c1ccc(OC)cc1. The average molecular weight is 383 g/mol. The van der Waals surface area contributed by atoms with Crippen LogP contribution in [-0.2, 0) is 19.1 Å². The highest BCUT2D eigenvalue weighted by Crippen LogP contribution is 2.40. The molecule has 1 amide bonds. The first-order valence-electron chi connectivity index (χ1n) is 8.19. The zero-order chi connectivity index (χ0) is 20.5. The summed E-state index contributed by atoms with van der Waals surface area (Å²) in [6.07, 6.45) is 0. The molecule has 2 aromatic rings. The Kier molecular flexibility index (Phi) is 4.89. The van der Waals surface area contributed by atoms with Gasteiger partial charge in [-0.2, -0.15) is 0 Å². The minimum atomic E-state index is -2.84. The Morgan fingerprint density at radius 3 is 2.14 bits per heavy atom. The van der Waals surface area contributed by atoms with Gasteiger partial charge in [0.15, 0.2) is 0 Å². The topological polar surface area (TPSA) is 113 Å². The Morgan fingerprint density at radius 2 is 1.61 bits per heavy atom. The molecule has 2 N–H and O–H groups in total. The number of ketones is 1. The predicted octanol–water partition coefficient (Wildman–Crippen LogP) is 1.44. The summed E-state index contributed by atoms with van der Waals surface area (Å²) < 4.78 is 9.69. The summed E-state index contributed by atoms with van der Waals surface area (Å²) in [4.78, 5) is 38.4. The second-order valence-electron chi connectivity index (χ2n) is 5.92. The molecule has 1 aliphatic heterocycles. The second kappa shape index (κ2) is 7.16. The number of hydrogen-bond acceptors (Lipinski definition) is 7. The molecule has 1 fully saturated rings. The lowest BCUT2D eigenvalue weighted by molar-refractivity contribution is -0.158. The van der Waals surface area contributed by atoms with Crippen LogP contribution in [0, 0.1) is 0 Å². The van der Waals surface area contributed by atoms with Gasteiger partial charge in [0.1, 0.15) is 17.1 Å². The third-order valence-electron chi connectivity index (χ3n) is 4.38. The van der Waals surface area contributed by atoms with E-state index in [-0.39, 0.29) is 11.3 Å². The molecule has 1 heterocycles. The summed E-state index contributed by atoms with van der Waals surface area (Å²) in [7, 11) is 2.44. The quantitative estimate of drug-likeness (QED) is 0.355. The molecular formula is C20H17NO7. The van der Waals surface area contributed by atoms with Crippen molar-refractivity contribution in [1.82, 2.24) is 0 Å². The van der Waals surface area contributed by atoms with E-state index < -0.39 is 34.7 Å². The molecule has 0 aliphatic carbocycles. The van der Waals surface area contributed by atoms with Crippen molar-refractivity contribution in [1.29, 1.82) is 0 Å². The van der Waals surface area contributed by atoms with Gasteiger partial charge in [0.25, 0.3) is 11.5 Å². The molecule has 0 radical (unpaired) electrons. The molecule has 2 aromatic carbocycles. The zero-order valence-electron chi connectivity index (χ0n) is 15.1. The van der Waals surface area contributed by atoms with Crippen LogP contribution in [0.4, 0.5) is 5.69 Å². The molecule has 1 aliphatic rings. The van der Waals surface area contributed by atoms with Gasteiger partial charge in [0.2, 0.25) is 0 Å². The van der Waals surface area contributed by atoms with Crippen LogP contribution in [0.2, 0.25) is 0 Å². The molecule has 144 valence electrons. The van der Waals surface area contributed by atoms with Gasteiger partial charge in [-0.25, -0.2) is 4.79 Å². The number of hydrogen-bond donors (Lipinski definition) is 2. The maximum atomic E-state index is 12.7.